The van der Waals surface area contributed by atoms with Gasteiger partial charge < -0.3 is 16.0 Å². The molecule has 0 heterocycles. The van der Waals surface area contributed by atoms with Crippen LogP contribution in [0.3, 0.4) is 0 Å². The first-order valence-corrected chi connectivity index (χ1v) is 8.69. The van der Waals surface area contributed by atoms with E-state index in [1.54, 1.807) is 24.3 Å². The van der Waals surface area contributed by atoms with Crippen LogP contribution in [0.25, 0.3) is 0 Å². The molecule has 2 aliphatic carbocycles. The smallest absolute Gasteiger partial charge is 0.319 e. The molecule has 0 saturated heterocycles. The predicted molar refractivity (Wildman–Crippen MR) is 90.6 cm³/mol. The second-order valence-electron chi connectivity index (χ2n) is 6.62. The van der Waals surface area contributed by atoms with Gasteiger partial charge in [0.25, 0.3) is 5.91 Å². The molecule has 3 rings (SSSR count). The standard InChI is InChI=1S/C18H25N3O2/c22-17(19-15-10-11-15)13-6-5-9-16(12-13)21-18(23)20-14-7-3-1-2-4-8-14/h5-6,9,12,14-15H,1-4,7-8,10-11H2,(H,19,22)(H2,20,21,23). The SMILES string of the molecule is O=C(Nc1cccc(C(=O)NC2CC2)c1)NC1CCCCCC1. The maximum absolute atomic E-state index is 12.1. The molecular formula is C18H25N3O2. The molecule has 0 spiro atoms. The van der Waals surface area contributed by atoms with Gasteiger partial charge in [-0.25, -0.2) is 4.79 Å². The maximum atomic E-state index is 12.1. The topological polar surface area (TPSA) is 70.2 Å². The zero-order valence-corrected chi connectivity index (χ0v) is 13.4. The molecule has 0 bridgehead atoms. The Hall–Kier alpha value is -2.04. The van der Waals surface area contributed by atoms with Crippen LogP contribution in [0.15, 0.2) is 24.3 Å². The molecule has 0 unspecified atom stereocenters. The summed E-state index contributed by atoms with van der Waals surface area (Å²) in [7, 11) is 0. The summed E-state index contributed by atoms with van der Waals surface area (Å²) >= 11 is 0. The van der Waals surface area contributed by atoms with Crippen LogP contribution in [-0.4, -0.2) is 24.0 Å². The Morgan fingerprint density at radius 1 is 0.870 bits per heavy atom. The molecule has 5 heteroatoms. The van der Waals surface area contributed by atoms with Gasteiger partial charge in [0.1, 0.15) is 0 Å². The third kappa shape index (κ3) is 4.98. The second-order valence-corrected chi connectivity index (χ2v) is 6.62. The Bertz CT molecular complexity index is 561. The van der Waals surface area contributed by atoms with Crippen LogP contribution in [-0.2, 0) is 0 Å². The number of carbonyl (C=O) groups is 2. The molecule has 2 aliphatic rings. The summed E-state index contributed by atoms with van der Waals surface area (Å²) in [5.74, 6) is -0.0691. The van der Waals surface area contributed by atoms with Crippen molar-refractivity contribution < 1.29 is 9.59 Å². The van der Waals surface area contributed by atoms with Crippen molar-refractivity contribution in [3.63, 3.8) is 0 Å². The van der Waals surface area contributed by atoms with Gasteiger partial charge in [-0.1, -0.05) is 31.7 Å². The summed E-state index contributed by atoms with van der Waals surface area (Å²) in [6, 6.07) is 7.51. The van der Waals surface area contributed by atoms with E-state index < -0.39 is 0 Å². The lowest BCUT2D eigenvalue weighted by molar-refractivity contribution is 0.0951. The molecule has 3 N–H and O–H groups in total. The Morgan fingerprint density at radius 2 is 1.57 bits per heavy atom. The van der Waals surface area contributed by atoms with Gasteiger partial charge in [-0.15, -0.1) is 0 Å². The highest BCUT2D eigenvalue weighted by Gasteiger charge is 2.23. The average Bonchev–Trinajstić information content (AvgIpc) is 3.35. The Kier molecular flexibility index (Phi) is 5.16. The normalized spacial score (nSPS) is 18.8. The number of hydrogen-bond donors (Lipinski definition) is 3. The fraction of sp³-hybridized carbons (Fsp3) is 0.556. The van der Waals surface area contributed by atoms with E-state index in [-0.39, 0.29) is 18.0 Å². The highest BCUT2D eigenvalue weighted by atomic mass is 16.2. The van der Waals surface area contributed by atoms with Gasteiger partial charge >= 0.3 is 6.03 Å². The molecule has 5 nitrogen and oxygen atoms in total. The summed E-state index contributed by atoms with van der Waals surface area (Å²) < 4.78 is 0. The van der Waals surface area contributed by atoms with Gasteiger partial charge in [0.15, 0.2) is 0 Å². The lowest BCUT2D eigenvalue weighted by Gasteiger charge is -2.17. The van der Waals surface area contributed by atoms with E-state index in [1.165, 1.54) is 25.7 Å². The molecule has 0 aliphatic heterocycles. The number of urea groups is 1. The first-order chi connectivity index (χ1) is 11.2. The minimum atomic E-state index is -0.184. The lowest BCUT2D eigenvalue weighted by Crippen LogP contribution is -2.37. The summed E-state index contributed by atoms with van der Waals surface area (Å²) in [6.45, 7) is 0. The summed E-state index contributed by atoms with van der Waals surface area (Å²) in [5, 5.41) is 8.85. The number of nitrogens with one attached hydrogen (secondary N) is 3. The van der Waals surface area contributed by atoms with Crippen LogP contribution in [0.5, 0.6) is 0 Å². The number of anilines is 1. The van der Waals surface area contributed by atoms with Crippen LogP contribution in [0, 0.1) is 0 Å². The average molecular weight is 315 g/mol. The van der Waals surface area contributed by atoms with E-state index in [0.29, 0.717) is 17.3 Å². The molecule has 23 heavy (non-hydrogen) atoms. The Morgan fingerprint density at radius 3 is 2.26 bits per heavy atom. The highest BCUT2D eigenvalue weighted by molar-refractivity contribution is 5.97. The minimum Gasteiger partial charge on any atom is -0.349 e. The van der Waals surface area contributed by atoms with Crippen molar-refractivity contribution in [1.82, 2.24) is 10.6 Å². The van der Waals surface area contributed by atoms with Crippen LogP contribution >= 0.6 is 0 Å². The van der Waals surface area contributed by atoms with E-state index in [1.807, 2.05) is 0 Å². The van der Waals surface area contributed by atoms with Crippen molar-refractivity contribution >= 4 is 17.6 Å². The van der Waals surface area contributed by atoms with Gasteiger partial charge in [-0.2, -0.15) is 0 Å². The minimum absolute atomic E-state index is 0.0691. The fourth-order valence-corrected chi connectivity index (χ4v) is 3.01. The lowest BCUT2D eigenvalue weighted by atomic mass is 10.1. The van der Waals surface area contributed by atoms with E-state index in [2.05, 4.69) is 16.0 Å². The van der Waals surface area contributed by atoms with E-state index >= 15 is 0 Å². The van der Waals surface area contributed by atoms with Crippen molar-refractivity contribution in [3.8, 4) is 0 Å². The van der Waals surface area contributed by atoms with Crippen LogP contribution in [0.4, 0.5) is 10.5 Å². The van der Waals surface area contributed by atoms with E-state index in [0.717, 1.165) is 25.7 Å². The monoisotopic (exact) mass is 315 g/mol. The second kappa shape index (κ2) is 7.49. The quantitative estimate of drug-likeness (QED) is 0.745. The summed E-state index contributed by atoms with van der Waals surface area (Å²) in [6.07, 6.45) is 9.12. The van der Waals surface area contributed by atoms with Crippen LogP contribution in [0.1, 0.15) is 61.7 Å². The van der Waals surface area contributed by atoms with Crippen molar-refractivity contribution in [2.75, 3.05) is 5.32 Å². The zero-order valence-electron chi connectivity index (χ0n) is 13.4. The molecule has 1 aromatic rings. The van der Waals surface area contributed by atoms with Gasteiger partial charge in [0, 0.05) is 23.3 Å². The van der Waals surface area contributed by atoms with Gasteiger partial charge in [0.2, 0.25) is 0 Å². The molecule has 0 radical (unpaired) electrons. The number of carbonyl (C=O) groups excluding carboxylic acids is 2. The van der Waals surface area contributed by atoms with Gasteiger partial charge in [0.05, 0.1) is 0 Å². The van der Waals surface area contributed by atoms with Gasteiger partial charge in [-0.05, 0) is 43.9 Å². The molecule has 0 atom stereocenters. The molecule has 2 fully saturated rings. The number of hydrogen-bond acceptors (Lipinski definition) is 2. The number of benzene rings is 1. The maximum Gasteiger partial charge on any atom is 0.319 e. The first kappa shape index (κ1) is 15.8. The van der Waals surface area contributed by atoms with E-state index in [9.17, 15) is 9.59 Å². The summed E-state index contributed by atoms with van der Waals surface area (Å²) in [5.41, 5.74) is 1.24. The van der Waals surface area contributed by atoms with Crippen LogP contribution < -0.4 is 16.0 Å². The predicted octanol–water partition coefficient (Wildman–Crippen LogP) is 3.42. The molecule has 2 saturated carbocycles. The van der Waals surface area contributed by atoms with Crippen molar-refractivity contribution in [1.29, 1.82) is 0 Å². The van der Waals surface area contributed by atoms with Crippen molar-refractivity contribution in [3.05, 3.63) is 29.8 Å². The number of rotatable bonds is 4. The Balaban J connectivity index is 1.53. The van der Waals surface area contributed by atoms with Crippen LogP contribution in [0.2, 0.25) is 0 Å². The third-order valence-electron chi connectivity index (χ3n) is 4.49. The third-order valence-corrected chi connectivity index (χ3v) is 4.49. The Labute approximate surface area is 137 Å². The number of amides is 3. The molecular weight excluding hydrogens is 290 g/mol. The molecule has 0 aromatic heterocycles. The summed E-state index contributed by atoms with van der Waals surface area (Å²) in [4.78, 5) is 24.2. The van der Waals surface area contributed by atoms with E-state index in [4.69, 9.17) is 0 Å². The zero-order chi connectivity index (χ0) is 16.1. The fourth-order valence-electron chi connectivity index (χ4n) is 3.01. The largest absolute Gasteiger partial charge is 0.349 e. The van der Waals surface area contributed by atoms with Crippen molar-refractivity contribution in [2.45, 2.75) is 63.5 Å². The molecule has 124 valence electrons. The first-order valence-electron chi connectivity index (χ1n) is 8.69. The van der Waals surface area contributed by atoms with Gasteiger partial charge in [-0.3, -0.25) is 4.79 Å². The highest BCUT2D eigenvalue weighted by Crippen LogP contribution is 2.20. The molecule has 3 amide bonds. The van der Waals surface area contributed by atoms with Crippen molar-refractivity contribution in [2.24, 2.45) is 0 Å². The molecule has 1 aromatic carbocycles.